The van der Waals surface area contributed by atoms with Gasteiger partial charge >= 0.3 is 12.1 Å². The number of H-pyrrole nitrogens is 1. The number of pyridine rings is 1. The SMILES string of the molecule is COc1cc[n+](-c2nc3ccc(C(F)(F)F)cc3[nH]2)c(CSSCCO)c1C. The average Bonchev–Trinajstić information content (AvgIpc) is 3.08. The van der Waals surface area contributed by atoms with Crippen LogP contribution >= 0.6 is 21.6 Å². The quantitative estimate of drug-likeness (QED) is 0.336. The van der Waals surface area contributed by atoms with Gasteiger partial charge in [-0.05, 0) is 25.1 Å². The van der Waals surface area contributed by atoms with Crippen molar-refractivity contribution in [3.63, 3.8) is 0 Å². The molecule has 0 aliphatic carbocycles. The number of halogens is 3. The van der Waals surface area contributed by atoms with Crippen LogP contribution in [0.5, 0.6) is 5.75 Å². The number of ether oxygens (including phenoxy) is 1. The number of rotatable bonds is 7. The van der Waals surface area contributed by atoms with E-state index >= 15 is 0 Å². The Morgan fingerprint density at radius 1 is 1.25 bits per heavy atom. The summed E-state index contributed by atoms with van der Waals surface area (Å²) in [6, 6.07) is 5.24. The molecule has 2 N–H and O–H groups in total. The number of nitrogens with zero attached hydrogens (tertiary/aromatic N) is 2. The molecular formula is C18H19F3N3O2S2+. The predicted octanol–water partition coefficient (Wildman–Crippen LogP) is 4.05. The molecule has 0 fully saturated rings. The molecule has 0 atom stereocenters. The number of fused-ring (bicyclic) bond motifs is 1. The van der Waals surface area contributed by atoms with Crippen molar-refractivity contribution in [2.24, 2.45) is 0 Å². The van der Waals surface area contributed by atoms with E-state index < -0.39 is 11.7 Å². The molecule has 3 rings (SSSR count). The fourth-order valence-electron chi connectivity index (χ4n) is 2.76. The number of benzene rings is 1. The van der Waals surface area contributed by atoms with Crippen LogP contribution in [-0.4, -0.2) is 34.5 Å². The molecule has 1 aromatic carbocycles. The van der Waals surface area contributed by atoms with Crippen molar-refractivity contribution >= 4 is 32.6 Å². The maximum absolute atomic E-state index is 13.0. The lowest BCUT2D eigenvalue weighted by atomic mass is 10.2. The summed E-state index contributed by atoms with van der Waals surface area (Å²) < 4.78 is 46.1. The van der Waals surface area contributed by atoms with Gasteiger partial charge in [0.2, 0.25) is 0 Å². The maximum Gasteiger partial charge on any atom is 0.416 e. The molecule has 28 heavy (non-hydrogen) atoms. The number of methoxy groups -OCH3 is 1. The van der Waals surface area contributed by atoms with Gasteiger partial charge in [-0.3, -0.25) is 0 Å². The highest BCUT2D eigenvalue weighted by Gasteiger charge is 2.31. The molecule has 150 valence electrons. The van der Waals surface area contributed by atoms with Gasteiger partial charge in [0.1, 0.15) is 17.0 Å². The lowest BCUT2D eigenvalue weighted by Gasteiger charge is -2.12. The van der Waals surface area contributed by atoms with Gasteiger partial charge in [0.15, 0.2) is 5.52 Å². The fraction of sp³-hybridized carbons (Fsp3) is 0.333. The summed E-state index contributed by atoms with van der Waals surface area (Å²) in [4.78, 5) is 7.44. The van der Waals surface area contributed by atoms with Crippen LogP contribution in [0, 0.1) is 6.92 Å². The van der Waals surface area contributed by atoms with E-state index in [1.165, 1.54) is 6.07 Å². The van der Waals surface area contributed by atoms with Crippen molar-refractivity contribution in [1.29, 1.82) is 0 Å². The van der Waals surface area contributed by atoms with Crippen molar-refractivity contribution in [2.75, 3.05) is 19.5 Å². The summed E-state index contributed by atoms with van der Waals surface area (Å²) in [6.07, 6.45) is -2.63. The Morgan fingerprint density at radius 2 is 2.04 bits per heavy atom. The Bertz CT molecular complexity index is 977. The zero-order valence-electron chi connectivity index (χ0n) is 15.2. The van der Waals surface area contributed by atoms with Gasteiger partial charge < -0.3 is 9.84 Å². The van der Waals surface area contributed by atoms with Crippen molar-refractivity contribution in [2.45, 2.75) is 18.9 Å². The number of aromatic amines is 1. The van der Waals surface area contributed by atoms with Gasteiger partial charge in [0.25, 0.3) is 0 Å². The van der Waals surface area contributed by atoms with Crippen molar-refractivity contribution in [3.8, 4) is 11.7 Å². The van der Waals surface area contributed by atoms with E-state index in [2.05, 4.69) is 9.97 Å². The molecule has 5 nitrogen and oxygen atoms in total. The summed E-state index contributed by atoms with van der Waals surface area (Å²) in [5, 5.41) is 8.94. The number of nitrogens with one attached hydrogen (secondary N) is 1. The van der Waals surface area contributed by atoms with E-state index in [4.69, 9.17) is 9.84 Å². The lowest BCUT2D eigenvalue weighted by molar-refractivity contribution is -0.610. The number of aliphatic hydroxyl groups excluding tert-OH is 1. The van der Waals surface area contributed by atoms with Crippen molar-refractivity contribution in [1.82, 2.24) is 9.97 Å². The zero-order valence-corrected chi connectivity index (χ0v) is 16.8. The maximum atomic E-state index is 13.0. The minimum atomic E-state index is -4.41. The summed E-state index contributed by atoms with van der Waals surface area (Å²) >= 11 is 0. The highest BCUT2D eigenvalue weighted by atomic mass is 33.1. The van der Waals surface area contributed by atoms with Crippen LogP contribution in [0.3, 0.4) is 0 Å². The predicted molar refractivity (Wildman–Crippen MR) is 105 cm³/mol. The summed E-state index contributed by atoms with van der Waals surface area (Å²) in [6.45, 7) is 2.02. The highest BCUT2D eigenvalue weighted by Crippen LogP contribution is 2.31. The van der Waals surface area contributed by atoms with Crippen molar-refractivity contribution in [3.05, 3.63) is 47.3 Å². The molecule has 0 aliphatic heterocycles. The normalized spacial score (nSPS) is 11.9. The lowest BCUT2D eigenvalue weighted by Crippen LogP contribution is -2.37. The van der Waals surface area contributed by atoms with E-state index in [1.54, 1.807) is 41.0 Å². The zero-order chi connectivity index (χ0) is 20.3. The molecule has 2 heterocycles. The number of hydrogen-bond donors (Lipinski definition) is 2. The van der Waals surface area contributed by atoms with E-state index in [-0.39, 0.29) is 6.61 Å². The van der Waals surface area contributed by atoms with Crippen LogP contribution in [0.25, 0.3) is 17.0 Å². The number of imidazole rings is 1. The van der Waals surface area contributed by atoms with E-state index in [0.29, 0.717) is 28.5 Å². The molecule has 0 amide bonds. The first-order valence-corrected chi connectivity index (χ1v) is 10.8. The van der Waals surface area contributed by atoms with E-state index in [9.17, 15) is 13.2 Å². The van der Waals surface area contributed by atoms with Gasteiger partial charge in [-0.1, -0.05) is 26.6 Å². The van der Waals surface area contributed by atoms with Crippen LogP contribution in [0.2, 0.25) is 0 Å². The van der Waals surface area contributed by atoms with Crippen molar-refractivity contribution < 1.29 is 27.6 Å². The Labute approximate surface area is 167 Å². The molecule has 2 aromatic heterocycles. The standard InChI is InChI=1S/C18H19F3N3O2S2/c1-11-15(10-28-27-8-7-25)24(6-5-16(11)26-2)17-22-13-4-3-12(18(19,20)21)9-14(13)23-17/h3-6,9,25H,7-8,10H2,1-2H3,(H,22,23)/q+1. The Kier molecular flexibility index (Phi) is 6.41. The van der Waals surface area contributed by atoms with Gasteiger partial charge in [0.05, 0.1) is 31.2 Å². The minimum absolute atomic E-state index is 0.0971. The first-order valence-electron chi connectivity index (χ1n) is 8.36. The van der Waals surface area contributed by atoms with Crippen LogP contribution in [-0.2, 0) is 11.9 Å². The molecular weight excluding hydrogens is 411 g/mol. The molecule has 0 bridgehead atoms. The third-order valence-electron chi connectivity index (χ3n) is 4.17. The second-order valence-corrected chi connectivity index (χ2v) is 8.51. The van der Waals surface area contributed by atoms with Crippen LogP contribution in [0.4, 0.5) is 13.2 Å². The number of alkyl halides is 3. The van der Waals surface area contributed by atoms with E-state index in [0.717, 1.165) is 29.1 Å². The van der Waals surface area contributed by atoms with Crippen LogP contribution in [0.1, 0.15) is 16.8 Å². The van der Waals surface area contributed by atoms with Gasteiger partial charge in [-0.15, -0.1) is 0 Å². The van der Waals surface area contributed by atoms with Gasteiger partial charge in [-0.25, -0.2) is 9.55 Å². The third kappa shape index (κ3) is 4.39. The van der Waals surface area contributed by atoms with Crippen LogP contribution < -0.4 is 9.30 Å². The minimum Gasteiger partial charge on any atom is -0.496 e. The number of hydrogen-bond acceptors (Lipinski definition) is 5. The average molecular weight is 430 g/mol. The summed E-state index contributed by atoms with van der Waals surface area (Å²) in [5.74, 6) is 2.37. The smallest absolute Gasteiger partial charge is 0.416 e. The summed E-state index contributed by atoms with van der Waals surface area (Å²) in [5.41, 5.74) is 1.88. The monoisotopic (exact) mass is 430 g/mol. The Balaban J connectivity index is 2.03. The fourth-order valence-corrected chi connectivity index (χ4v) is 4.66. The molecule has 10 heteroatoms. The molecule has 3 aromatic rings. The number of aliphatic hydroxyl groups is 1. The molecule has 0 radical (unpaired) electrons. The molecule has 0 saturated heterocycles. The third-order valence-corrected chi connectivity index (χ3v) is 6.43. The second kappa shape index (κ2) is 8.62. The summed E-state index contributed by atoms with van der Waals surface area (Å²) in [7, 11) is 4.70. The first-order chi connectivity index (χ1) is 13.3. The molecule has 0 aliphatic rings. The Hall–Kier alpha value is -1.91. The second-order valence-electron chi connectivity index (χ2n) is 5.92. The molecule has 0 saturated carbocycles. The molecule has 0 spiro atoms. The first kappa shape index (κ1) is 20.8. The largest absolute Gasteiger partial charge is 0.496 e. The van der Waals surface area contributed by atoms with E-state index in [1.807, 2.05) is 11.5 Å². The Morgan fingerprint density at radius 3 is 2.71 bits per heavy atom. The number of aromatic nitrogens is 3. The topological polar surface area (TPSA) is 62.0 Å². The molecule has 0 unspecified atom stereocenters. The van der Waals surface area contributed by atoms with Crippen LogP contribution in [0.15, 0.2) is 30.5 Å². The van der Waals surface area contributed by atoms with Gasteiger partial charge in [0, 0.05) is 17.4 Å². The highest BCUT2D eigenvalue weighted by molar-refractivity contribution is 8.76. The van der Waals surface area contributed by atoms with Gasteiger partial charge in [-0.2, -0.15) is 13.2 Å².